The second kappa shape index (κ2) is 9.96. The molecule has 0 aromatic heterocycles. The van der Waals surface area contributed by atoms with Crippen molar-refractivity contribution in [3.8, 4) is 23.0 Å². The lowest BCUT2D eigenvalue weighted by molar-refractivity contribution is -0.386. The minimum atomic E-state index is -1.12. The van der Waals surface area contributed by atoms with Crippen molar-refractivity contribution in [2.75, 3.05) is 21.3 Å². The largest absolute Gasteiger partial charge is 0.493 e. The third kappa shape index (κ3) is 5.07. The zero-order valence-electron chi connectivity index (χ0n) is 16.8. The summed E-state index contributed by atoms with van der Waals surface area (Å²) in [6.45, 7) is 1.39. The number of carbonyl (C=O) groups is 2. The Kier molecular flexibility index (Phi) is 7.39. The monoisotopic (exact) mass is 419 g/mol. The van der Waals surface area contributed by atoms with Gasteiger partial charge in [0, 0.05) is 11.6 Å². The number of nitro benzene ring substituents is 1. The zero-order valence-corrected chi connectivity index (χ0v) is 16.8. The van der Waals surface area contributed by atoms with E-state index in [1.807, 2.05) is 0 Å². The van der Waals surface area contributed by atoms with Crippen LogP contribution in [0.15, 0.2) is 36.4 Å². The van der Waals surface area contributed by atoms with Crippen LogP contribution in [0.5, 0.6) is 23.0 Å². The molecule has 1 atom stereocenters. The van der Waals surface area contributed by atoms with Gasteiger partial charge in [0.05, 0.1) is 26.3 Å². The van der Waals surface area contributed by atoms with Crippen LogP contribution in [0.25, 0.3) is 0 Å². The fourth-order valence-electron chi connectivity index (χ4n) is 2.46. The van der Waals surface area contributed by atoms with Crippen molar-refractivity contribution < 1.29 is 33.5 Å². The van der Waals surface area contributed by atoms with Gasteiger partial charge in [0.2, 0.25) is 5.75 Å². The maximum Gasteiger partial charge on any atom is 0.310 e. The number of benzene rings is 2. The number of amides is 2. The van der Waals surface area contributed by atoms with Crippen molar-refractivity contribution in [3.05, 3.63) is 52.1 Å². The predicted molar refractivity (Wildman–Crippen MR) is 105 cm³/mol. The zero-order chi connectivity index (χ0) is 22.3. The Morgan fingerprint density at radius 3 is 2.10 bits per heavy atom. The third-order valence-corrected chi connectivity index (χ3v) is 3.96. The van der Waals surface area contributed by atoms with E-state index in [1.165, 1.54) is 58.6 Å². The van der Waals surface area contributed by atoms with E-state index in [0.717, 1.165) is 0 Å². The van der Waals surface area contributed by atoms with Gasteiger partial charge in [-0.05, 0) is 25.1 Å². The van der Waals surface area contributed by atoms with Crippen molar-refractivity contribution in [1.82, 2.24) is 10.9 Å². The smallest absolute Gasteiger partial charge is 0.310 e. The molecule has 2 N–H and O–H groups in total. The lowest BCUT2D eigenvalue weighted by Crippen LogP contribution is -2.47. The Morgan fingerprint density at radius 1 is 0.967 bits per heavy atom. The highest BCUT2D eigenvalue weighted by atomic mass is 16.6. The van der Waals surface area contributed by atoms with Gasteiger partial charge < -0.3 is 18.9 Å². The van der Waals surface area contributed by atoms with Crippen molar-refractivity contribution in [1.29, 1.82) is 0 Å². The molecule has 0 fully saturated rings. The van der Waals surface area contributed by atoms with E-state index >= 15 is 0 Å². The Hall–Kier alpha value is -4.02. The molecule has 0 radical (unpaired) electrons. The van der Waals surface area contributed by atoms with Crippen LogP contribution in [0.4, 0.5) is 5.69 Å². The number of nitro groups is 1. The number of hydrogen-bond donors (Lipinski definition) is 2. The Labute approximate surface area is 172 Å². The molecule has 30 heavy (non-hydrogen) atoms. The van der Waals surface area contributed by atoms with E-state index in [2.05, 4.69) is 10.9 Å². The highest BCUT2D eigenvalue weighted by molar-refractivity contribution is 5.97. The molecular weight excluding hydrogens is 398 g/mol. The summed E-state index contributed by atoms with van der Waals surface area (Å²) in [7, 11) is 4.24. The predicted octanol–water partition coefficient (Wildman–Crippen LogP) is 1.85. The first-order valence-electron chi connectivity index (χ1n) is 8.62. The molecule has 1 unspecified atom stereocenters. The molecule has 0 bridgehead atoms. The highest BCUT2D eigenvalue weighted by Crippen LogP contribution is 2.38. The molecule has 0 heterocycles. The molecule has 0 aliphatic rings. The summed E-state index contributed by atoms with van der Waals surface area (Å²) in [5.41, 5.74) is 4.30. The molecule has 11 nitrogen and oxygen atoms in total. The van der Waals surface area contributed by atoms with E-state index in [0.29, 0.717) is 5.75 Å². The molecule has 11 heteroatoms. The van der Waals surface area contributed by atoms with E-state index < -0.39 is 22.8 Å². The van der Waals surface area contributed by atoms with Crippen LogP contribution < -0.4 is 29.8 Å². The van der Waals surface area contributed by atoms with Gasteiger partial charge in [-0.3, -0.25) is 30.6 Å². The molecule has 0 saturated heterocycles. The lowest BCUT2D eigenvalue weighted by atomic mass is 10.1. The number of rotatable bonds is 8. The number of nitrogens with one attached hydrogen (secondary N) is 2. The van der Waals surface area contributed by atoms with Gasteiger partial charge in [0.25, 0.3) is 11.8 Å². The topological polar surface area (TPSA) is 138 Å². The summed E-state index contributed by atoms with van der Waals surface area (Å²) in [4.78, 5) is 35.0. The molecule has 0 spiro atoms. The number of para-hydroxylation sites is 2. The Balaban J connectivity index is 2.06. The van der Waals surface area contributed by atoms with Gasteiger partial charge in [-0.15, -0.1) is 0 Å². The van der Waals surface area contributed by atoms with Crippen LogP contribution >= 0.6 is 0 Å². The highest BCUT2D eigenvalue weighted by Gasteiger charge is 2.22. The SMILES string of the molecule is COc1cc(C(=O)NNC(=O)C(C)Oc2ccccc2[N+](=O)[O-])cc(OC)c1OC. The van der Waals surface area contributed by atoms with E-state index in [9.17, 15) is 19.7 Å². The fourth-order valence-corrected chi connectivity index (χ4v) is 2.46. The van der Waals surface area contributed by atoms with E-state index in [4.69, 9.17) is 18.9 Å². The number of ether oxygens (including phenoxy) is 4. The molecule has 0 aliphatic carbocycles. The van der Waals surface area contributed by atoms with Crippen LogP contribution in [0.3, 0.4) is 0 Å². The van der Waals surface area contributed by atoms with Crippen LogP contribution in [0.2, 0.25) is 0 Å². The molecule has 2 amide bonds. The van der Waals surface area contributed by atoms with Gasteiger partial charge >= 0.3 is 5.69 Å². The maximum absolute atomic E-state index is 12.4. The fraction of sp³-hybridized carbons (Fsp3) is 0.263. The lowest BCUT2D eigenvalue weighted by Gasteiger charge is -2.16. The van der Waals surface area contributed by atoms with Crippen molar-refractivity contribution in [3.63, 3.8) is 0 Å². The summed E-state index contributed by atoms with van der Waals surface area (Å²) in [5, 5.41) is 11.0. The number of carbonyl (C=O) groups excluding carboxylic acids is 2. The van der Waals surface area contributed by atoms with Gasteiger partial charge in [0.1, 0.15) is 0 Å². The molecule has 2 rings (SSSR count). The van der Waals surface area contributed by atoms with Gasteiger partial charge in [-0.25, -0.2) is 0 Å². The van der Waals surface area contributed by atoms with E-state index in [1.54, 1.807) is 6.07 Å². The average molecular weight is 419 g/mol. The summed E-state index contributed by atoms with van der Waals surface area (Å²) in [6, 6.07) is 8.47. The second-order valence-electron chi connectivity index (χ2n) is 5.84. The van der Waals surface area contributed by atoms with E-state index in [-0.39, 0.29) is 28.5 Å². The van der Waals surface area contributed by atoms with Crippen LogP contribution in [0, 0.1) is 10.1 Å². The maximum atomic E-state index is 12.4. The van der Waals surface area contributed by atoms with Crippen molar-refractivity contribution in [2.24, 2.45) is 0 Å². The summed E-state index contributed by atoms with van der Waals surface area (Å²) in [6.07, 6.45) is -1.12. The standard InChI is InChI=1S/C19H21N3O8/c1-11(30-14-8-6-5-7-13(14)22(25)26)18(23)20-21-19(24)12-9-15(27-2)17(29-4)16(10-12)28-3/h5-11H,1-4H3,(H,20,23)(H,21,24). The Morgan fingerprint density at radius 2 is 1.57 bits per heavy atom. The number of methoxy groups -OCH3 is 3. The average Bonchev–Trinajstić information content (AvgIpc) is 2.76. The number of hydrogen-bond acceptors (Lipinski definition) is 8. The number of nitrogens with zero attached hydrogens (tertiary/aromatic N) is 1. The summed E-state index contributed by atoms with van der Waals surface area (Å²) < 4.78 is 20.9. The Bertz CT molecular complexity index is 922. The minimum absolute atomic E-state index is 0.0684. The molecule has 160 valence electrons. The second-order valence-corrected chi connectivity index (χ2v) is 5.84. The molecule has 2 aromatic carbocycles. The van der Waals surface area contributed by atoms with Gasteiger partial charge in [-0.1, -0.05) is 12.1 Å². The van der Waals surface area contributed by atoms with Crippen LogP contribution in [0.1, 0.15) is 17.3 Å². The van der Waals surface area contributed by atoms with Gasteiger partial charge in [0.15, 0.2) is 23.4 Å². The molecular formula is C19H21N3O8. The van der Waals surface area contributed by atoms with Gasteiger partial charge in [-0.2, -0.15) is 0 Å². The normalized spacial score (nSPS) is 11.1. The quantitative estimate of drug-likeness (QED) is 0.488. The first-order chi connectivity index (χ1) is 14.3. The van der Waals surface area contributed by atoms with Crippen molar-refractivity contribution >= 4 is 17.5 Å². The minimum Gasteiger partial charge on any atom is -0.493 e. The third-order valence-electron chi connectivity index (χ3n) is 3.96. The molecule has 0 saturated carbocycles. The number of hydrazine groups is 1. The van der Waals surface area contributed by atoms with Crippen LogP contribution in [-0.2, 0) is 4.79 Å². The first kappa shape index (κ1) is 22.3. The van der Waals surface area contributed by atoms with Crippen LogP contribution in [-0.4, -0.2) is 44.2 Å². The first-order valence-corrected chi connectivity index (χ1v) is 8.62. The summed E-state index contributed by atoms with van der Waals surface area (Å²) in [5.74, 6) is -0.592. The molecule has 0 aliphatic heterocycles. The summed E-state index contributed by atoms with van der Waals surface area (Å²) >= 11 is 0. The van der Waals surface area contributed by atoms with Crippen molar-refractivity contribution in [2.45, 2.75) is 13.0 Å². The molecule has 2 aromatic rings.